The Morgan fingerprint density at radius 2 is 1.77 bits per heavy atom. The fourth-order valence-corrected chi connectivity index (χ4v) is 4.95. The summed E-state index contributed by atoms with van der Waals surface area (Å²) >= 11 is 0. The molecule has 2 atom stereocenters. The zero-order chi connectivity index (χ0) is 21.5. The quantitative estimate of drug-likeness (QED) is 0.236. The van der Waals surface area contributed by atoms with Crippen molar-refractivity contribution in [3.63, 3.8) is 0 Å². The van der Waals surface area contributed by atoms with Crippen LogP contribution in [0.25, 0.3) is 0 Å². The third-order valence-corrected chi connectivity index (χ3v) is 7.49. The van der Waals surface area contributed by atoms with Crippen molar-refractivity contribution in [3.8, 4) is 0 Å². The molecule has 0 saturated heterocycles. The van der Waals surface area contributed by atoms with E-state index in [0.29, 0.717) is 18.7 Å². The number of ether oxygens (including phenoxy) is 1. The van der Waals surface area contributed by atoms with E-state index in [1.54, 1.807) is 7.05 Å². The molecular weight excluding hydrogens is 515 g/mol. The van der Waals surface area contributed by atoms with E-state index >= 15 is 0 Å². The highest BCUT2D eigenvalue weighted by Gasteiger charge is 2.53. The number of nitrogens with one attached hydrogen (secondary N) is 3. The van der Waals surface area contributed by atoms with Crippen molar-refractivity contribution in [2.75, 3.05) is 20.7 Å². The van der Waals surface area contributed by atoms with Gasteiger partial charge in [0.05, 0.1) is 11.9 Å². The maximum Gasteiger partial charge on any atom is 0.215 e. The molecule has 1 fully saturated rings. The summed E-state index contributed by atoms with van der Waals surface area (Å²) in [5, 5.41) is 6.94. The number of rotatable bonds is 10. The lowest BCUT2D eigenvalue weighted by Crippen LogP contribution is -2.65. The minimum absolute atomic E-state index is 0. The first kappa shape index (κ1) is 27.1. The van der Waals surface area contributed by atoms with Crippen LogP contribution in [0.5, 0.6) is 0 Å². The van der Waals surface area contributed by atoms with Gasteiger partial charge in [-0.05, 0) is 44.4 Å². The molecule has 0 heterocycles. The highest BCUT2D eigenvalue weighted by molar-refractivity contribution is 14.0. The van der Waals surface area contributed by atoms with Crippen molar-refractivity contribution in [3.05, 3.63) is 35.4 Å². The number of nitrogens with zero attached hydrogens (tertiary/aromatic N) is 1. The molecule has 0 radical (unpaired) electrons. The predicted octanol–water partition coefficient (Wildman–Crippen LogP) is 3.00. The van der Waals surface area contributed by atoms with Gasteiger partial charge in [0.25, 0.3) is 0 Å². The Bertz CT molecular complexity index is 780. The van der Waals surface area contributed by atoms with E-state index in [1.165, 1.54) is 7.05 Å². The fourth-order valence-electron chi connectivity index (χ4n) is 4.17. The van der Waals surface area contributed by atoms with Crippen molar-refractivity contribution in [1.82, 2.24) is 15.4 Å². The van der Waals surface area contributed by atoms with E-state index in [2.05, 4.69) is 41.1 Å². The Hall–Kier alpha value is -0.910. The number of halogens is 1. The van der Waals surface area contributed by atoms with Crippen LogP contribution in [-0.4, -0.2) is 47.2 Å². The van der Waals surface area contributed by atoms with Gasteiger partial charge in [-0.15, -0.1) is 24.0 Å². The lowest BCUT2D eigenvalue weighted by Gasteiger charge is -2.55. The molecule has 1 aromatic rings. The summed E-state index contributed by atoms with van der Waals surface area (Å²) in [5.41, 5.74) is 1.97. The molecule has 2 rings (SSSR count). The first-order chi connectivity index (χ1) is 13.8. The molecule has 0 spiro atoms. The molecule has 1 aliphatic carbocycles. The van der Waals surface area contributed by atoms with E-state index in [4.69, 9.17) is 4.74 Å². The van der Waals surface area contributed by atoms with Crippen LogP contribution < -0.4 is 15.4 Å². The molecule has 0 amide bonds. The van der Waals surface area contributed by atoms with Gasteiger partial charge in [-0.1, -0.05) is 38.1 Å². The van der Waals surface area contributed by atoms with E-state index in [9.17, 15) is 8.42 Å². The summed E-state index contributed by atoms with van der Waals surface area (Å²) in [6.45, 7) is 7.88. The summed E-state index contributed by atoms with van der Waals surface area (Å²) < 4.78 is 31.6. The van der Waals surface area contributed by atoms with Crippen molar-refractivity contribution >= 4 is 40.0 Å². The summed E-state index contributed by atoms with van der Waals surface area (Å²) in [7, 11) is -0.0507. The second-order valence-corrected chi connectivity index (χ2v) is 9.45. The topological polar surface area (TPSA) is 91.8 Å². The summed E-state index contributed by atoms with van der Waals surface area (Å²) in [6.07, 6.45) is 3.43. The van der Waals surface area contributed by atoms with Gasteiger partial charge in [-0.25, -0.2) is 13.1 Å². The van der Waals surface area contributed by atoms with Gasteiger partial charge in [0.2, 0.25) is 10.0 Å². The molecule has 3 N–H and O–H groups in total. The minimum Gasteiger partial charge on any atom is -0.378 e. The van der Waals surface area contributed by atoms with Crippen molar-refractivity contribution in [2.45, 2.75) is 64.5 Å². The Morgan fingerprint density at radius 3 is 2.27 bits per heavy atom. The van der Waals surface area contributed by atoms with Crippen molar-refractivity contribution in [1.29, 1.82) is 0 Å². The molecule has 0 aliphatic heterocycles. The highest BCUT2D eigenvalue weighted by atomic mass is 127. The molecule has 9 heteroatoms. The van der Waals surface area contributed by atoms with Gasteiger partial charge < -0.3 is 15.4 Å². The number of aliphatic imine (C=N–C) groups is 1. The van der Waals surface area contributed by atoms with Gasteiger partial charge in [0, 0.05) is 31.7 Å². The van der Waals surface area contributed by atoms with Gasteiger partial charge in [0.1, 0.15) is 0 Å². The van der Waals surface area contributed by atoms with Crippen molar-refractivity contribution < 1.29 is 13.2 Å². The monoisotopic (exact) mass is 552 g/mol. The van der Waals surface area contributed by atoms with Crippen LogP contribution in [-0.2, 0) is 27.1 Å². The van der Waals surface area contributed by atoms with Gasteiger partial charge in [-0.2, -0.15) is 0 Å². The van der Waals surface area contributed by atoms with Crippen LogP contribution in [0.2, 0.25) is 0 Å². The summed E-state index contributed by atoms with van der Waals surface area (Å²) in [4.78, 5) is 4.37. The summed E-state index contributed by atoms with van der Waals surface area (Å²) in [6, 6.07) is 7.92. The van der Waals surface area contributed by atoms with Gasteiger partial charge in [0.15, 0.2) is 5.96 Å². The van der Waals surface area contributed by atoms with Crippen LogP contribution in [0.4, 0.5) is 0 Å². The van der Waals surface area contributed by atoms with Crippen LogP contribution in [0.1, 0.15) is 51.2 Å². The number of benzene rings is 1. The third-order valence-electron chi connectivity index (χ3n) is 6.15. The third kappa shape index (κ3) is 6.54. The maximum absolute atomic E-state index is 11.7. The van der Waals surface area contributed by atoms with E-state index in [0.717, 1.165) is 43.0 Å². The zero-order valence-corrected chi connectivity index (χ0v) is 21.8. The predicted molar refractivity (Wildman–Crippen MR) is 134 cm³/mol. The average molecular weight is 553 g/mol. The summed E-state index contributed by atoms with van der Waals surface area (Å²) in [5.74, 6) is 0.761. The standard InChI is InChI=1S/C21H36N4O3S.HI/c1-6-21(7-2)18(13-19(21)28-8-3)25-20(22-4)24-14-16-9-11-17(12-10-16)15-29(26,27)23-5;/h9-12,18-19,23H,6-8,13-15H2,1-5H3,(H2,22,24,25);1H. The van der Waals surface area contributed by atoms with Crippen LogP contribution in [0.15, 0.2) is 29.3 Å². The van der Waals surface area contributed by atoms with E-state index in [1.807, 2.05) is 24.3 Å². The Kier molecular flexibility index (Phi) is 11.0. The maximum atomic E-state index is 11.7. The first-order valence-electron chi connectivity index (χ1n) is 10.4. The van der Waals surface area contributed by atoms with Crippen LogP contribution >= 0.6 is 24.0 Å². The molecule has 7 nitrogen and oxygen atoms in total. The minimum atomic E-state index is -3.26. The number of guanidine groups is 1. The second-order valence-electron chi connectivity index (χ2n) is 7.52. The highest BCUT2D eigenvalue weighted by Crippen LogP contribution is 2.48. The Balaban J connectivity index is 0.00000450. The molecule has 1 saturated carbocycles. The zero-order valence-electron chi connectivity index (χ0n) is 18.7. The van der Waals surface area contributed by atoms with Gasteiger partial charge >= 0.3 is 0 Å². The van der Waals surface area contributed by atoms with Crippen molar-refractivity contribution in [2.24, 2.45) is 10.4 Å². The molecular formula is C21H37IN4O3S. The average Bonchev–Trinajstić information content (AvgIpc) is 2.71. The molecule has 172 valence electrons. The molecule has 2 unspecified atom stereocenters. The lowest BCUT2D eigenvalue weighted by molar-refractivity contribution is -0.133. The number of hydrogen-bond donors (Lipinski definition) is 3. The van der Waals surface area contributed by atoms with Gasteiger partial charge in [-0.3, -0.25) is 4.99 Å². The second kappa shape index (κ2) is 12.2. The Morgan fingerprint density at radius 1 is 1.17 bits per heavy atom. The first-order valence-corrected chi connectivity index (χ1v) is 12.1. The molecule has 30 heavy (non-hydrogen) atoms. The molecule has 0 aromatic heterocycles. The number of hydrogen-bond acceptors (Lipinski definition) is 4. The van der Waals surface area contributed by atoms with Crippen LogP contribution in [0.3, 0.4) is 0 Å². The molecule has 0 bridgehead atoms. The fraction of sp³-hybridized carbons (Fsp3) is 0.667. The largest absolute Gasteiger partial charge is 0.378 e. The van der Waals surface area contributed by atoms with E-state index in [-0.39, 0.29) is 35.1 Å². The van der Waals surface area contributed by atoms with E-state index < -0.39 is 10.0 Å². The molecule has 1 aliphatic rings. The SMILES string of the molecule is CCOC1CC(NC(=NC)NCc2ccc(CS(=O)(=O)NC)cc2)C1(CC)CC.I. The Labute approximate surface area is 198 Å². The molecule has 1 aromatic carbocycles. The lowest BCUT2D eigenvalue weighted by atomic mass is 9.58. The smallest absolute Gasteiger partial charge is 0.215 e. The van der Waals surface area contributed by atoms with Crippen LogP contribution in [0, 0.1) is 5.41 Å². The number of sulfonamides is 1. The normalized spacial score (nSPS) is 20.8.